The van der Waals surface area contributed by atoms with Gasteiger partial charge in [-0.2, -0.15) is 13.2 Å². The molecule has 0 saturated heterocycles. The summed E-state index contributed by atoms with van der Waals surface area (Å²) in [5.74, 6) is -0.355. The molecule has 7 nitrogen and oxygen atoms in total. The summed E-state index contributed by atoms with van der Waals surface area (Å²) < 4.78 is 84.4. The van der Waals surface area contributed by atoms with E-state index < -0.39 is 44.1 Å². The second-order valence-corrected chi connectivity index (χ2v) is 10.9. The number of methoxy groups -OCH3 is 2. The van der Waals surface area contributed by atoms with Crippen molar-refractivity contribution in [2.45, 2.75) is 30.5 Å². The van der Waals surface area contributed by atoms with E-state index in [4.69, 9.17) is 14.2 Å². The number of halogens is 4. The summed E-state index contributed by atoms with van der Waals surface area (Å²) in [6.07, 6.45) is -5.48. The molecule has 2 unspecified atom stereocenters. The summed E-state index contributed by atoms with van der Waals surface area (Å²) in [7, 11) is -1.77. The molecule has 1 aliphatic heterocycles. The first-order valence-electron chi connectivity index (χ1n) is 10.1. The van der Waals surface area contributed by atoms with Crippen molar-refractivity contribution in [2.75, 3.05) is 31.7 Å². The van der Waals surface area contributed by atoms with E-state index in [0.717, 1.165) is 22.5 Å². The van der Waals surface area contributed by atoms with Gasteiger partial charge in [-0.3, -0.25) is 9.10 Å². The maximum absolute atomic E-state index is 13.5. The van der Waals surface area contributed by atoms with Crippen molar-refractivity contribution in [3.05, 3.63) is 52.5 Å². The highest BCUT2D eigenvalue weighted by atomic mass is 79.9. The second-order valence-electron chi connectivity index (χ2n) is 8.10. The number of hydrogen-bond donors (Lipinski definition) is 0. The number of esters is 1. The molecule has 186 valence electrons. The molecule has 1 aliphatic rings. The molecule has 1 heterocycles. The highest BCUT2D eigenvalue weighted by Crippen LogP contribution is 2.41. The highest BCUT2D eigenvalue weighted by Gasteiger charge is 2.42. The number of carbonyl (C=O) groups is 1. The van der Waals surface area contributed by atoms with E-state index in [2.05, 4.69) is 15.9 Å². The van der Waals surface area contributed by atoms with Crippen molar-refractivity contribution in [3.63, 3.8) is 0 Å². The second kappa shape index (κ2) is 9.74. The quantitative estimate of drug-likeness (QED) is 0.455. The van der Waals surface area contributed by atoms with Gasteiger partial charge in [0.2, 0.25) is 0 Å². The van der Waals surface area contributed by atoms with Crippen LogP contribution in [0.1, 0.15) is 18.9 Å². The van der Waals surface area contributed by atoms with Gasteiger partial charge in [0.1, 0.15) is 11.9 Å². The van der Waals surface area contributed by atoms with Gasteiger partial charge in [-0.15, -0.1) is 0 Å². The van der Waals surface area contributed by atoms with Gasteiger partial charge in [-0.25, -0.2) is 8.42 Å². The van der Waals surface area contributed by atoms with Crippen LogP contribution in [0.4, 0.5) is 18.9 Å². The Hall–Kier alpha value is -2.31. The van der Waals surface area contributed by atoms with E-state index in [1.54, 1.807) is 19.1 Å². The van der Waals surface area contributed by atoms with Crippen molar-refractivity contribution < 1.29 is 40.6 Å². The van der Waals surface area contributed by atoms with Crippen molar-refractivity contribution in [1.82, 2.24) is 0 Å². The number of sulfonamides is 1. The molecule has 3 rings (SSSR count). The third kappa shape index (κ3) is 5.33. The first-order valence-corrected chi connectivity index (χ1v) is 12.3. The lowest BCUT2D eigenvalue weighted by Gasteiger charge is -2.38. The Morgan fingerprint density at radius 1 is 1.21 bits per heavy atom. The predicted octanol–water partition coefficient (Wildman–Crippen LogP) is 4.64. The summed E-state index contributed by atoms with van der Waals surface area (Å²) in [6, 6.07) is 8.25. The Balaban J connectivity index is 2.06. The molecule has 0 aliphatic carbocycles. The third-order valence-corrected chi connectivity index (χ3v) is 7.69. The zero-order chi connectivity index (χ0) is 25.3. The lowest BCUT2D eigenvalue weighted by atomic mass is 9.84. The summed E-state index contributed by atoms with van der Waals surface area (Å²) in [5, 5.41) is 0. The maximum atomic E-state index is 13.5. The van der Waals surface area contributed by atoms with Crippen LogP contribution in [0.5, 0.6) is 5.75 Å². The first kappa shape index (κ1) is 26.3. The summed E-state index contributed by atoms with van der Waals surface area (Å²) in [6.45, 7) is 1.36. The zero-order valence-electron chi connectivity index (χ0n) is 18.6. The number of nitrogens with zero attached hydrogens (tertiary/aromatic N) is 1. The molecule has 0 saturated carbocycles. The van der Waals surface area contributed by atoms with E-state index in [9.17, 15) is 26.4 Å². The van der Waals surface area contributed by atoms with Gasteiger partial charge >= 0.3 is 12.1 Å². The fraction of sp³-hybridized carbons (Fsp3) is 0.409. The van der Waals surface area contributed by atoms with Crippen LogP contribution in [0.25, 0.3) is 0 Å². The smallest absolute Gasteiger partial charge is 0.416 e. The molecule has 0 bridgehead atoms. The van der Waals surface area contributed by atoms with Gasteiger partial charge in [-0.1, -0.05) is 22.0 Å². The number of alkyl halides is 3. The molecule has 0 aromatic heterocycles. The van der Waals surface area contributed by atoms with Crippen molar-refractivity contribution in [2.24, 2.45) is 5.41 Å². The fourth-order valence-corrected chi connectivity index (χ4v) is 5.74. The molecule has 0 amide bonds. The molecule has 2 aromatic carbocycles. The van der Waals surface area contributed by atoms with Crippen LogP contribution in [-0.2, 0) is 30.5 Å². The Labute approximate surface area is 204 Å². The van der Waals surface area contributed by atoms with Crippen LogP contribution in [-0.4, -0.2) is 47.9 Å². The van der Waals surface area contributed by atoms with E-state index in [1.165, 1.54) is 20.3 Å². The van der Waals surface area contributed by atoms with E-state index in [-0.39, 0.29) is 31.0 Å². The first-order chi connectivity index (χ1) is 15.8. The summed E-state index contributed by atoms with van der Waals surface area (Å²) >= 11 is 3.29. The van der Waals surface area contributed by atoms with Gasteiger partial charge in [0.05, 0.1) is 41.8 Å². The molecule has 0 fully saturated rings. The minimum Gasteiger partial charge on any atom is -0.486 e. The summed E-state index contributed by atoms with van der Waals surface area (Å²) in [4.78, 5) is 11.9. The number of benzene rings is 2. The average molecular weight is 566 g/mol. The number of rotatable bonds is 7. The molecule has 12 heteroatoms. The van der Waals surface area contributed by atoms with Crippen LogP contribution in [0.2, 0.25) is 0 Å². The molecular formula is C22H23BrF3NO6S. The van der Waals surface area contributed by atoms with Crippen LogP contribution < -0.4 is 9.04 Å². The van der Waals surface area contributed by atoms with E-state index in [1.807, 2.05) is 0 Å². The molecular weight excluding hydrogens is 543 g/mol. The number of anilines is 1. The highest BCUT2D eigenvalue weighted by molar-refractivity contribution is 9.10. The van der Waals surface area contributed by atoms with E-state index >= 15 is 0 Å². The SMILES string of the molecule is COCC(C)(CC1CN(S(=O)(=O)c2cccc(C(F)(F)F)c2)c2cc(Br)ccc2O1)C(=O)OC. The van der Waals surface area contributed by atoms with Crippen LogP contribution in [0, 0.1) is 5.41 Å². The normalized spacial score (nSPS) is 18.0. The molecule has 0 N–H and O–H groups in total. The Bertz CT molecular complexity index is 1170. The Morgan fingerprint density at radius 3 is 2.53 bits per heavy atom. The lowest BCUT2D eigenvalue weighted by molar-refractivity contribution is -0.156. The third-order valence-electron chi connectivity index (χ3n) is 5.42. The van der Waals surface area contributed by atoms with Crippen molar-refractivity contribution >= 4 is 37.6 Å². The Kier molecular flexibility index (Phi) is 7.54. The van der Waals surface area contributed by atoms with Gasteiger partial charge in [0, 0.05) is 18.0 Å². The predicted molar refractivity (Wildman–Crippen MR) is 121 cm³/mol. The van der Waals surface area contributed by atoms with Gasteiger partial charge < -0.3 is 14.2 Å². The average Bonchev–Trinajstić information content (AvgIpc) is 2.77. The van der Waals surface area contributed by atoms with Crippen LogP contribution in [0.3, 0.4) is 0 Å². The number of carbonyl (C=O) groups excluding carboxylic acids is 1. The molecule has 2 atom stereocenters. The topological polar surface area (TPSA) is 82.1 Å². The minimum atomic E-state index is -4.71. The summed E-state index contributed by atoms with van der Waals surface area (Å²) in [5.41, 5.74) is -2.06. The molecule has 34 heavy (non-hydrogen) atoms. The molecule has 2 aromatic rings. The van der Waals surface area contributed by atoms with Crippen molar-refractivity contribution in [3.8, 4) is 5.75 Å². The molecule has 0 spiro atoms. The number of hydrogen-bond acceptors (Lipinski definition) is 6. The van der Waals surface area contributed by atoms with Crippen LogP contribution in [0.15, 0.2) is 51.8 Å². The number of ether oxygens (including phenoxy) is 3. The number of fused-ring (bicyclic) bond motifs is 1. The van der Waals surface area contributed by atoms with Gasteiger partial charge in [-0.05, 0) is 43.3 Å². The fourth-order valence-electron chi connectivity index (χ4n) is 3.85. The Morgan fingerprint density at radius 2 is 1.91 bits per heavy atom. The standard InChI is InChI=1S/C22H23BrF3NO6S/c1-21(13-31-2,20(28)32-3)11-16-12-27(18-10-15(23)7-8-19(18)33-16)34(29,30)17-6-4-5-14(9-17)22(24,25)26/h4-10,16H,11-13H2,1-3H3. The molecule has 0 radical (unpaired) electrons. The zero-order valence-corrected chi connectivity index (χ0v) is 21.0. The van der Waals surface area contributed by atoms with Crippen molar-refractivity contribution in [1.29, 1.82) is 0 Å². The monoisotopic (exact) mass is 565 g/mol. The minimum absolute atomic E-state index is 0.00684. The largest absolute Gasteiger partial charge is 0.486 e. The van der Waals surface area contributed by atoms with Gasteiger partial charge in [0.25, 0.3) is 10.0 Å². The van der Waals surface area contributed by atoms with E-state index in [0.29, 0.717) is 10.5 Å². The lowest BCUT2D eigenvalue weighted by Crippen LogP contribution is -2.47. The van der Waals surface area contributed by atoms with Gasteiger partial charge in [0.15, 0.2) is 0 Å². The maximum Gasteiger partial charge on any atom is 0.416 e. The van der Waals surface area contributed by atoms with Crippen LogP contribution >= 0.6 is 15.9 Å².